The number of benzene rings is 1. The molecule has 3 rings (SSSR count). The molecule has 6 heteroatoms. The van der Waals surface area contributed by atoms with Crippen LogP contribution in [0, 0.1) is 0 Å². The van der Waals surface area contributed by atoms with Crippen LogP contribution in [0.3, 0.4) is 0 Å². The van der Waals surface area contributed by atoms with Crippen LogP contribution in [-0.2, 0) is 11.8 Å². The van der Waals surface area contributed by atoms with Crippen LogP contribution in [0.5, 0.6) is 0 Å². The number of carboxylic acid groups (broad SMARTS) is 1. The second-order valence-electron chi connectivity index (χ2n) is 7.48. The fourth-order valence-electron chi connectivity index (χ4n) is 3.75. The summed E-state index contributed by atoms with van der Waals surface area (Å²) in [5, 5.41) is 10.2. The number of carboxylic acids is 1. The summed E-state index contributed by atoms with van der Waals surface area (Å²) in [5.74, 6) is -0.697. The van der Waals surface area contributed by atoms with E-state index in [1.165, 1.54) is 0 Å². The van der Waals surface area contributed by atoms with E-state index in [4.69, 9.17) is 0 Å². The molecule has 0 atom stereocenters. The number of nitrogens with zero attached hydrogens (tertiary/aromatic N) is 3. The third-order valence-corrected chi connectivity index (χ3v) is 5.26. The Morgan fingerprint density at radius 1 is 1.23 bits per heavy atom. The predicted octanol–water partition coefficient (Wildman–Crippen LogP) is 3.06. The quantitative estimate of drug-likeness (QED) is 0.893. The van der Waals surface area contributed by atoms with Crippen LogP contribution in [0.4, 0.5) is 5.69 Å². The van der Waals surface area contributed by atoms with Crippen molar-refractivity contribution in [2.24, 2.45) is 7.05 Å². The molecule has 0 aliphatic carbocycles. The van der Waals surface area contributed by atoms with Gasteiger partial charge in [-0.2, -0.15) is 0 Å². The van der Waals surface area contributed by atoms with E-state index >= 15 is 0 Å². The first-order valence-electron chi connectivity index (χ1n) is 9.14. The first-order valence-corrected chi connectivity index (χ1v) is 9.14. The Kier molecular flexibility index (Phi) is 5.05. The third-order valence-electron chi connectivity index (χ3n) is 5.26. The summed E-state index contributed by atoms with van der Waals surface area (Å²) < 4.78 is 1.87. The van der Waals surface area contributed by atoms with E-state index < -0.39 is 5.97 Å². The number of carbonyl (C=O) groups excluding carboxylic acids is 1. The summed E-state index contributed by atoms with van der Waals surface area (Å²) in [7, 11) is 3.63. The van der Waals surface area contributed by atoms with E-state index in [9.17, 15) is 14.7 Å². The molecule has 1 aromatic carbocycles. The van der Waals surface area contributed by atoms with Crippen molar-refractivity contribution in [3.8, 4) is 0 Å². The summed E-state index contributed by atoms with van der Waals surface area (Å²) in [4.78, 5) is 28.2. The van der Waals surface area contributed by atoms with Gasteiger partial charge in [-0.3, -0.25) is 9.69 Å². The molecule has 6 nitrogen and oxygen atoms in total. The zero-order chi connectivity index (χ0) is 19.0. The largest absolute Gasteiger partial charge is 0.478 e. The molecule has 1 N–H and O–H groups in total. The Balaban J connectivity index is 2.03. The molecule has 1 amide bonds. The van der Waals surface area contributed by atoms with Crippen molar-refractivity contribution in [2.75, 3.05) is 31.6 Å². The van der Waals surface area contributed by atoms with Crippen LogP contribution < -0.4 is 4.90 Å². The first-order chi connectivity index (χ1) is 12.3. The van der Waals surface area contributed by atoms with Gasteiger partial charge >= 0.3 is 5.97 Å². The highest BCUT2D eigenvalue weighted by molar-refractivity contribution is 6.07. The van der Waals surface area contributed by atoms with E-state index in [1.807, 2.05) is 23.7 Å². The minimum Gasteiger partial charge on any atom is -0.478 e. The number of anilines is 1. The van der Waals surface area contributed by atoms with Crippen molar-refractivity contribution in [2.45, 2.75) is 32.6 Å². The van der Waals surface area contributed by atoms with Crippen LogP contribution in [0.25, 0.3) is 10.9 Å². The van der Waals surface area contributed by atoms with Crippen molar-refractivity contribution in [1.82, 2.24) is 9.47 Å². The van der Waals surface area contributed by atoms with Crippen LogP contribution in [0.2, 0.25) is 0 Å². The molecular formula is C20H27N3O3. The Morgan fingerprint density at radius 2 is 1.88 bits per heavy atom. The maximum absolute atomic E-state index is 12.7. The fraction of sp³-hybridized carbons (Fsp3) is 0.500. The van der Waals surface area contributed by atoms with E-state index in [-0.39, 0.29) is 17.4 Å². The molecule has 0 spiro atoms. The highest BCUT2D eigenvalue weighted by Crippen LogP contribution is 2.33. The lowest BCUT2D eigenvalue weighted by Crippen LogP contribution is -2.37. The van der Waals surface area contributed by atoms with Crippen LogP contribution in [-0.4, -0.2) is 53.1 Å². The van der Waals surface area contributed by atoms with E-state index in [0.29, 0.717) is 11.9 Å². The number of aryl methyl sites for hydroxylation is 1. The predicted molar refractivity (Wildman–Crippen MR) is 103 cm³/mol. The molecule has 0 radical (unpaired) electrons. The van der Waals surface area contributed by atoms with Gasteiger partial charge in [0.25, 0.3) is 0 Å². The number of likely N-dealkylation sites (tertiary alicyclic amines) is 1. The van der Waals surface area contributed by atoms with Crippen molar-refractivity contribution in [3.63, 3.8) is 0 Å². The van der Waals surface area contributed by atoms with Crippen LogP contribution >= 0.6 is 0 Å². The number of likely N-dealkylation sites (N-methyl/N-ethyl adjacent to an activating group) is 1. The molecule has 26 heavy (non-hydrogen) atoms. The van der Waals surface area contributed by atoms with E-state index in [2.05, 4.69) is 18.7 Å². The monoisotopic (exact) mass is 357 g/mol. The van der Waals surface area contributed by atoms with Gasteiger partial charge in [-0.1, -0.05) is 13.8 Å². The molecule has 2 aromatic rings. The maximum Gasteiger partial charge on any atom is 0.337 e. The Bertz CT molecular complexity index is 848. The maximum atomic E-state index is 12.7. The van der Waals surface area contributed by atoms with Gasteiger partial charge in [0.05, 0.1) is 17.6 Å². The molecule has 1 fully saturated rings. The smallest absolute Gasteiger partial charge is 0.337 e. The molecule has 140 valence electrons. The second-order valence-corrected chi connectivity index (χ2v) is 7.48. The normalized spacial score (nSPS) is 15.1. The molecule has 1 saturated heterocycles. The SMILES string of the molecule is CC(C)c1cc(N(C)C(=O)CN2CCCC2)cc2c(C(=O)O)cn(C)c12. The zero-order valence-electron chi connectivity index (χ0n) is 16.0. The molecule has 0 bridgehead atoms. The Morgan fingerprint density at radius 3 is 2.46 bits per heavy atom. The molecule has 1 aliphatic rings. The summed E-state index contributed by atoms with van der Waals surface area (Å²) in [6.07, 6.45) is 3.94. The topological polar surface area (TPSA) is 65.8 Å². The highest BCUT2D eigenvalue weighted by Gasteiger charge is 2.22. The molecule has 1 aromatic heterocycles. The Hall–Kier alpha value is -2.34. The van der Waals surface area contributed by atoms with Gasteiger partial charge in [0.15, 0.2) is 0 Å². The fourth-order valence-corrected chi connectivity index (χ4v) is 3.75. The average molecular weight is 357 g/mol. The van der Waals surface area contributed by atoms with Gasteiger partial charge in [0.1, 0.15) is 0 Å². The third kappa shape index (κ3) is 3.33. The molecule has 0 unspecified atom stereocenters. The van der Waals surface area contributed by atoms with Crippen molar-refractivity contribution >= 4 is 28.5 Å². The number of fused-ring (bicyclic) bond motifs is 1. The van der Waals surface area contributed by atoms with Gasteiger partial charge in [0.2, 0.25) is 5.91 Å². The summed E-state index contributed by atoms with van der Waals surface area (Å²) in [6, 6.07) is 3.84. The van der Waals surface area contributed by atoms with Gasteiger partial charge < -0.3 is 14.6 Å². The summed E-state index contributed by atoms with van der Waals surface area (Å²) >= 11 is 0. The lowest BCUT2D eigenvalue weighted by molar-refractivity contribution is -0.119. The summed E-state index contributed by atoms with van der Waals surface area (Å²) in [6.45, 7) is 6.51. The summed E-state index contributed by atoms with van der Waals surface area (Å²) in [5.41, 5.74) is 2.99. The average Bonchev–Trinajstić information content (AvgIpc) is 3.21. The minimum atomic E-state index is -0.950. The minimum absolute atomic E-state index is 0.0359. The van der Waals surface area contributed by atoms with Crippen molar-refractivity contribution in [3.05, 3.63) is 29.5 Å². The molecule has 0 saturated carbocycles. The second kappa shape index (κ2) is 7.11. The van der Waals surface area contributed by atoms with E-state index in [0.717, 1.165) is 42.7 Å². The standard InChI is InChI=1S/C20H27N3O3/c1-13(2)15-9-14(22(4)18(24)12-23-7-5-6-8-23)10-16-17(20(25)26)11-21(3)19(15)16/h9-11,13H,5-8,12H2,1-4H3,(H,25,26). The van der Waals surface area contributed by atoms with Crippen LogP contribution in [0.15, 0.2) is 18.3 Å². The number of aromatic carboxylic acids is 1. The molecule has 2 heterocycles. The number of rotatable bonds is 5. The van der Waals surface area contributed by atoms with Gasteiger partial charge in [-0.25, -0.2) is 4.79 Å². The molecule has 1 aliphatic heterocycles. The number of hydrogen-bond acceptors (Lipinski definition) is 3. The van der Waals surface area contributed by atoms with Gasteiger partial charge in [-0.15, -0.1) is 0 Å². The highest BCUT2D eigenvalue weighted by atomic mass is 16.4. The lowest BCUT2D eigenvalue weighted by Gasteiger charge is -2.23. The number of aromatic nitrogens is 1. The lowest BCUT2D eigenvalue weighted by atomic mass is 9.98. The van der Waals surface area contributed by atoms with Crippen LogP contribution in [0.1, 0.15) is 48.5 Å². The number of hydrogen-bond donors (Lipinski definition) is 1. The van der Waals surface area contributed by atoms with E-state index in [1.54, 1.807) is 18.1 Å². The van der Waals surface area contributed by atoms with Crippen molar-refractivity contribution < 1.29 is 14.7 Å². The number of amides is 1. The number of carbonyl (C=O) groups is 2. The Labute approximate surface area is 154 Å². The first kappa shape index (κ1) is 18.5. The van der Waals surface area contributed by atoms with Gasteiger partial charge in [-0.05, 0) is 49.5 Å². The van der Waals surface area contributed by atoms with Gasteiger partial charge in [0, 0.05) is 31.4 Å². The van der Waals surface area contributed by atoms with Crippen molar-refractivity contribution in [1.29, 1.82) is 0 Å². The zero-order valence-corrected chi connectivity index (χ0v) is 16.0. The molecular weight excluding hydrogens is 330 g/mol.